The first-order valence-corrected chi connectivity index (χ1v) is 7.12. The first kappa shape index (κ1) is 13.4. The summed E-state index contributed by atoms with van der Waals surface area (Å²) in [7, 11) is 0. The number of aliphatic hydroxyl groups is 1. The van der Waals surface area contributed by atoms with Gasteiger partial charge in [0.15, 0.2) is 0 Å². The lowest BCUT2D eigenvalue weighted by atomic mass is 10.0. The van der Waals surface area contributed by atoms with Gasteiger partial charge < -0.3 is 9.84 Å². The molecular weight excluding hydrogens is 224 g/mol. The zero-order valence-electron chi connectivity index (χ0n) is 11.4. The third-order valence-corrected chi connectivity index (χ3v) is 3.74. The molecule has 2 nitrogen and oxygen atoms in total. The molecule has 2 unspecified atom stereocenters. The number of rotatable bonds is 3. The van der Waals surface area contributed by atoms with E-state index in [1.54, 1.807) is 0 Å². The minimum Gasteiger partial charge on any atom is -0.487 e. The van der Waals surface area contributed by atoms with Gasteiger partial charge in [0.1, 0.15) is 11.9 Å². The fourth-order valence-corrected chi connectivity index (χ4v) is 2.62. The molecule has 0 amide bonds. The fraction of sp³-hybridized carbons (Fsp3) is 0.625. The smallest absolute Gasteiger partial charge is 0.124 e. The number of hydrogen-bond donors (Lipinski definition) is 1. The Hall–Kier alpha value is -1.02. The minimum atomic E-state index is -0.312. The van der Waals surface area contributed by atoms with Crippen LogP contribution in [0.5, 0.6) is 5.75 Å². The van der Waals surface area contributed by atoms with Crippen molar-refractivity contribution < 1.29 is 9.84 Å². The van der Waals surface area contributed by atoms with Gasteiger partial charge >= 0.3 is 0 Å². The van der Waals surface area contributed by atoms with Crippen LogP contribution in [0.15, 0.2) is 24.3 Å². The lowest BCUT2D eigenvalue weighted by Crippen LogP contribution is -2.30. The molecule has 2 atom stereocenters. The van der Waals surface area contributed by atoms with Crippen molar-refractivity contribution in [2.45, 2.75) is 64.1 Å². The Kier molecular flexibility index (Phi) is 4.65. The summed E-state index contributed by atoms with van der Waals surface area (Å²) in [5.74, 6) is 1.39. The molecule has 2 rings (SSSR count). The Morgan fingerprint density at radius 2 is 1.83 bits per heavy atom. The van der Waals surface area contributed by atoms with Crippen LogP contribution in [0.1, 0.15) is 57.4 Å². The Morgan fingerprint density at radius 1 is 1.11 bits per heavy atom. The van der Waals surface area contributed by atoms with Crippen molar-refractivity contribution in [2.75, 3.05) is 0 Å². The summed E-state index contributed by atoms with van der Waals surface area (Å²) in [6, 6.07) is 8.19. The third kappa shape index (κ3) is 3.26. The zero-order chi connectivity index (χ0) is 13.0. The average Bonchev–Trinajstić information content (AvgIpc) is 2.55. The van der Waals surface area contributed by atoms with Crippen LogP contribution in [-0.2, 0) is 0 Å². The van der Waals surface area contributed by atoms with Gasteiger partial charge in [-0.3, -0.25) is 0 Å². The number of hydrogen-bond acceptors (Lipinski definition) is 2. The van der Waals surface area contributed by atoms with Gasteiger partial charge in [0.25, 0.3) is 0 Å². The van der Waals surface area contributed by atoms with E-state index in [-0.39, 0.29) is 12.2 Å². The molecule has 0 aliphatic heterocycles. The van der Waals surface area contributed by atoms with Gasteiger partial charge in [0.2, 0.25) is 0 Å². The number of ether oxygens (including phenoxy) is 1. The Morgan fingerprint density at radius 3 is 2.61 bits per heavy atom. The summed E-state index contributed by atoms with van der Waals surface area (Å²) >= 11 is 0. The Labute approximate surface area is 110 Å². The van der Waals surface area contributed by atoms with Gasteiger partial charge in [-0.2, -0.15) is 0 Å². The van der Waals surface area contributed by atoms with E-state index < -0.39 is 0 Å². The SMILES string of the molecule is CC(C)c1ccccc1OC1CCCCCC1O. The molecule has 0 saturated heterocycles. The van der Waals surface area contributed by atoms with Gasteiger partial charge in [0, 0.05) is 0 Å². The van der Waals surface area contributed by atoms with Crippen molar-refractivity contribution in [3.63, 3.8) is 0 Å². The van der Waals surface area contributed by atoms with Crippen LogP contribution in [0, 0.1) is 0 Å². The molecule has 0 spiro atoms. The van der Waals surface area contributed by atoms with Crippen LogP contribution in [0.3, 0.4) is 0 Å². The molecule has 0 aromatic heterocycles. The molecular formula is C16H24O2. The molecule has 1 aliphatic rings. The largest absolute Gasteiger partial charge is 0.487 e. The Balaban J connectivity index is 2.12. The van der Waals surface area contributed by atoms with Crippen molar-refractivity contribution in [1.29, 1.82) is 0 Å². The normalized spacial score (nSPS) is 24.9. The van der Waals surface area contributed by atoms with E-state index in [0.29, 0.717) is 5.92 Å². The highest BCUT2D eigenvalue weighted by atomic mass is 16.5. The number of benzene rings is 1. The first-order chi connectivity index (χ1) is 8.68. The highest BCUT2D eigenvalue weighted by Gasteiger charge is 2.24. The molecule has 1 fully saturated rings. The van der Waals surface area contributed by atoms with E-state index >= 15 is 0 Å². The van der Waals surface area contributed by atoms with E-state index in [4.69, 9.17) is 4.74 Å². The van der Waals surface area contributed by atoms with Crippen LogP contribution < -0.4 is 4.74 Å². The number of aliphatic hydroxyl groups excluding tert-OH is 1. The maximum atomic E-state index is 10.1. The van der Waals surface area contributed by atoms with Gasteiger partial charge in [-0.15, -0.1) is 0 Å². The second-order valence-electron chi connectivity index (χ2n) is 5.55. The van der Waals surface area contributed by atoms with Crippen molar-refractivity contribution in [3.8, 4) is 5.75 Å². The molecule has 1 aromatic carbocycles. The number of para-hydroxylation sites is 1. The molecule has 1 saturated carbocycles. The molecule has 1 N–H and O–H groups in total. The standard InChI is InChI=1S/C16H24O2/c1-12(2)13-8-6-7-10-15(13)18-16-11-5-3-4-9-14(16)17/h6-8,10,12,14,16-17H,3-5,9,11H2,1-2H3. The molecule has 0 heterocycles. The maximum Gasteiger partial charge on any atom is 0.124 e. The molecule has 18 heavy (non-hydrogen) atoms. The monoisotopic (exact) mass is 248 g/mol. The van der Waals surface area contributed by atoms with E-state index in [2.05, 4.69) is 19.9 Å². The molecule has 1 aliphatic carbocycles. The minimum absolute atomic E-state index is 0.0348. The molecule has 1 aromatic rings. The van der Waals surface area contributed by atoms with Crippen LogP contribution in [0.25, 0.3) is 0 Å². The third-order valence-electron chi connectivity index (χ3n) is 3.74. The fourth-order valence-electron chi connectivity index (χ4n) is 2.62. The van der Waals surface area contributed by atoms with Gasteiger partial charge in [-0.25, -0.2) is 0 Å². The summed E-state index contributed by atoms with van der Waals surface area (Å²) in [4.78, 5) is 0. The molecule has 0 radical (unpaired) electrons. The van der Waals surface area contributed by atoms with Gasteiger partial charge in [-0.1, -0.05) is 44.9 Å². The lowest BCUT2D eigenvalue weighted by molar-refractivity contribution is 0.0313. The summed E-state index contributed by atoms with van der Waals surface area (Å²) in [6.07, 6.45) is 4.98. The second kappa shape index (κ2) is 6.24. The van der Waals surface area contributed by atoms with E-state index in [1.807, 2.05) is 18.2 Å². The quantitative estimate of drug-likeness (QED) is 0.822. The van der Waals surface area contributed by atoms with E-state index in [9.17, 15) is 5.11 Å². The average molecular weight is 248 g/mol. The van der Waals surface area contributed by atoms with Crippen LogP contribution in [0.4, 0.5) is 0 Å². The highest BCUT2D eigenvalue weighted by molar-refractivity contribution is 5.35. The van der Waals surface area contributed by atoms with E-state index in [0.717, 1.165) is 31.4 Å². The van der Waals surface area contributed by atoms with Crippen LogP contribution in [-0.4, -0.2) is 17.3 Å². The summed E-state index contributed by atoms with van der Waals surface area (Å²) in [5.41, 5.74) is 1.23. The summed E-state index contributed by atoms with van der Waals surface area (Å²) < 4.78 is 6.09. The molecule has 2 heteroatoms. The topological polar surface area (TPSA) is 29.5 Å². The van der Waals surface area contributed by atoms with Crippen LogP contribution in [0.2, 0.25) is 0 Å². The predicted molar refractivity (Wildman–Crippen MR) is 74.0 cm³/mol. The van der Waals surface area contributed by atoms with Crippen molar-refractivity contribution in [2.24, 2.45) is 0 Å². The lowest BCUT2D eigenvalue weighted by Gasteiger charge is -2.24. The molecule has 100 valence electrons. The maximum absolute atomic E-state index is 10.1. The highest BCUT2D eigenvalue weighted by Crippen LogP contribution is 2.29. The Bertz CT molecular complexity index is 373. The zero-order valence-corrected chi connectivity index (χ0v) is 11.4. The second-order valence-corrected chi connectivity index (χ2v) is 5.55. The van der Waals surface area contributed by atoms with Gasteiger partial charge in [0.05, 0.1) is 6.10 Å². The summed E-state index contributed by atoms with van der Waals surface area (Å²) in [5, 5.41) is 10.1. The van der Waals surface area contributed by atoms with Crippen molar-refractivity contribution in [1.82, 2.24) is 0 Å². The summed E-state index contributed by atoms with van der Waals surface area (Å²) in [6.45, 7) is 4.34. The van der Waals surface area contributed by atoms with Crippen molar-refractivity contribution in [3.05, 3.63) is 29.8 Å². The molecule has 0 bridgehead atoms. The van der Waals surface area contributed by atoms with Gasteiger partial charge in [-0.05, 0) is 36.8 Å². The van der Waals surface area contributed by atoms with Crippen molar-refractivity contribution >= 4 is 0 Å². The van der Waals surface area contributed by atoms with E-state index in [1.165, 1.54) is 12.0 Å². The first-order valence-electron chi connectivity index (χ1n) is 7.12. The van der Waals surface area contributed by atoms with Crippen LogP contribution >= 0.6 is 0 Å². The predicted octanol–water partition coefficient (Wildman–Crippen LogP) is 3.88.